The second-order valence-electron chi connectivity index (χ2n) is 6.97. The van der Waals surface area contributed by atoms with Crippen LogP contribution in [0.4, 0.5) is 4.79 Å². The van der Waals surface area contributed by atoms with Crippen molar-refractivity contribution in [2.45, 2.75) is 40.5 Å². The summed E-state index contributed by atoms with van der Waals surface area (Å²) in [6.45, 7) is 15.7. The van der Waals surface area contributed by atoms with E-state index in [1.807, 2.05) is 27.7 Å². The Kier molecular flexibility index (Phi) is 6.30. The van der Waals surface area contributed by atoms with Crippen molar-refractivity contribution in [3.8, 4) is 0 Å². The van der Waals surface area contributed by atoms with E-state index in [2.05, 4.69) is 13.2 Å². The van der Waals surface area contributed by atoms with Gasteiger partial charge in [-0.3, -0.25) is 19.4 Å². The zero-order valence-electron chi connectivity index (χ0n) is 14.7. The molecule has 0 aliphatic carbocycles. The van der Waals surface area contributed by atoms with Crippen LogP contribution in [-0.2, 0) is 9.59 Å². The van der Waals surface area contributed by atoms with E-state index < -0.39 is 23.3 Å². The Bertz CT molecular complexity index is 464. The summed E-state index contributed by atoms with van der Waals surface area (Å²) >= 11 is 0. The first-order valence-corrected chi connectivity index (χ1v) is 8.11. The molecule has 1 rings (SSSR count). The summed E-state index contributed by atoms with van der Waals surface area (Å²) in [6, 6.07) is -0.508. The van der Waals surface area contributed by atoms with Gasteiger partial charge in [-0.2, -0.15) is 0 Å². The van der Waals surface area contributed by atoms with Crippen LogP contribution in [0.15, 0.2) is 25.3 Å². The molecule has 1 saturated heterocycles. The maximum absolute atomic E-state index is 13.0. The normalized spacial score (nSPS) is 18.1. The number of carbonyl (C=O) groups is 3. The Hall–Kier alpha value is -1.91. The van der Waals surface area contributed by atoms with Crippen LogP contribution in [0.3, 0.4) is 0 Å². The average Bonchev–Trinajstić information content (AvgIpc) is 2.46. The number of carbonyl (C=O) groups excluding carboxylic acids is 3. The monoisotopic (exact) mass is 320 g/mol. The predicted octanol–water partition coefficient (Wildman–Crippen LogP) is 3.23. The summed E-state index contributed by atoms with van der Waals surface area (Å²) in [5, 5.41) is 0. The molecule has 5 heteroatoms. The number of allylic oxidation sites excluding steroid dienone is 2. The standard InChI is InChI=1S/C18H28N2O3/c1-7-9-18(10-8-2)15(21)19(11-13(3)4)17(23)20(16(18)22)12-14(5)6/h7-8,13-14H,1-2,9-12H2,3-6H3. The number of imide groups is 2. The second kappa shape index (κ2) is 7.57. The van der Waals surface area contributed by atoms with Crippen LogP contribution < -0.4 is 0 Å². The van der Waals surface area contributed by atoms with Crippen molar-refractivity contribution in [3.63, 3.8) is 0 Å². The van der Waals surface area contributed by atoms with Gasteiger partial charge in [0.05, 0.1) is 0 Å². The number of amides is 4. The summed E-state index contributed by atoms with van der Waals surface area (Å²) in [7, 11) is 0. The smallest absolute Gasteiger partial charge is 0.273 e. The minimum atomic E-state index is -1.29. The number of hydrogen-bond donors (Lipinski definition) is 0. The van der Waals surface area contributed by atoms with Gasteiger partial charge in [0.25, 0.3) is 0 Å². The first kappa shape index (κ1) is 19.1. The van der Waals surface area contributed by atoms with Gasteiger partial charge < -0.3 is 0 Å². The molecular weight excluding hydrogens is 292 g/mol. The van der Waals surface area contributed by atoms with Crippen molar-refractivity contribution in [2.75, 3.05) is 13.1 Å². The predicted molar refractivity (Wildman–Crippen MR) is 90.6 cm³/mol. The molecule has 128 valence electrons. The highest BCUT2D eigenvalue weighted by atomic mass is 16.2. The molecule has 5 nitrogen and oxygen atoms in total. The van der Waals surface area contributed by atoms with E-state index in [-0.39, 0.29) is 24.7 Å². The Labute approximate surface area is 139 Å². The van der Waals surface area contributed by atoms with Gasteiger partial charge in [0.1, 0.15) is 5.41 Å². The van der Waals surface area contributed by atoms with Crippen LogP contribution in [-0.4, -0.2) is 40.7 Å². The molecule has 0 aromatic heterocycles. The molecular formula is C18H28N2O3. The lowest BCUT2D eigenvalue weighted by molar-refractivity contribution is -0.159. The van der Waals surface area contributed by atoms with Crippen molar-refractivity contribution in [3.05, 3.63) is 25.3 Å². The third kappa shape index (κ3) is 3.71. The van der Waals surface area contributed by atoms with Crippen molar-refractivity contribution in [2.24, 2.45) is 17.3 Å². The number of rotatable bonds is 8. The molecule has 0 N–H and O–H groups in total. The largest absolute Gasteiger partial charge is 0.333 e. The molecule has 1 heterocycles. The number of barbiturate groups is 1. The molecule has 1 aliphatic rings. The second-order valence-corrected chi connectivity index (χ2v) is 6.97. The summed E-state index contributed by atoms with van der Waals surface area (Å²) in [5.74, 6) is -0.605. The Morgan fingerprint density at radius 2 is 1.22 bits per heavy atom. The highest BCUT2D eigenvalue weighted by molar-refractivity contribution is 6.19. The molecule has 4 amide bonds. The maximum Gasteiger partial charge on any atom is 0.333 e. The van der Waals surface area contributed by atoms with Crippen molar-refractivity contribution in [1.29, 1.82) is 0 Å². The van der Waals surface area contributed by atoms with Crippen LogP contribution in [0.25, 0.3) is 0 Å². The third-order valence-corrected chi connectivity index (χ3v) is 3.85. The Morgan fingerprint density at radius 3 is 1.48 bits per heavy atom. The minimum absolute atomic E-state index is 0.127. The lowest BCUT2D eigenvalue weighted by atomic mass is 9.76. The number of urea groups is 1. The molecule has 0 bridgehead atoms. The van der Waals surface area contributed by atoms with Crippen LogP contribution in [0.2, 0.25) is 0 Å². The Balaban J connectivity index is 3.39. The van der Waals surface area contributed by atoms with Crippen molar-refractivity contribution < 1.29 is 14.4 Å². The molecule has 0 spiro atoms. The first-order valence-electron chi connectivity index (χ1n) is 8.11. The van der Waals surface area contributed by atoms with Crippen LogP contribution in [0.1, 0.15) is 40.5 Å². The molecule has 0 atom stereocenters. The van der Waals surface area contributed by atoms with Gasteiger partial charge in [0, 0.05) is 13.1 Å². The van der Waals surface area contributed by atoms with E-state index in [1.54, 1.807) is 12.2 Å². The van der Waals surface area contributed by atoms with E-state index in [0.29, 0.717) is 13.1 Å². The van der Waals surface area contributed by atoms with Crippen molar-refractivity contribution >= 4 is 17.8 Å². The minimum Gasteiger partial charge on any atom is -0.273 e. The molecule has 23 heavy (non-hydrogen) atoms. The van der Waals surface area contributed by atoms with Crippen LogP contribution in [0.5, 0.6) is 0 Å². The van der Waals surface area contributed by atoms with Gasteiger partial charge in [-0.15, -0.1) is 13.2 Å². The van der Waals surface area contributed by atoms with Gasteiger partial charge in [0.2, 0.25) is 11.8 Å². The highest BCUT2D eigenvalue weighted by Gasteiger charge is 2.55. The van der Waals surface area contributed by atoms with Gasteiger partial charge >= 0.3 is 6.03 Å². The molecule has 1 aliphatic heterocycles. The summed E-state index contributed by atoms with van der Waals surface area (Å²) in [6.07, 6.45) is 3.53. The van der Waals surface area contributed by atoms with Gasteiger partial charge in [-0.05, 0) is 24.7 Å². The number of hydrogen-bond acceptors (Lipinski definition) is 3. The van der Waals surface area contributed by atoms with Gasteiger partial charge in [-0.25, -0.2) is 4.79 Å². The molecule has 1 fully saturated rings. The van der Waals surface area contributed by atoms with E-state index in [9.17, 15) is 14.4 Å². The van der Waals surface area contributed by atoms with Gasteiger partial charge in [-0.1, -0.05) is 39.8 Å². The maximum atomic E-state index is 13.0. The average molecular weight is 320 g/mol. The topological polar surface area (TPSA) is 57.7 Å². The van der Waals surface area contributed by atoms with E-state index in [0.717, 1.165) is 0 Å². The zero-order valence-corrected chi connectivity index (χ0v) is 14.7. The third-order valence-electron chi connectivity index (χ3n) is 3.85. The molecule has 0 radical (unpaired) electrons. The molecule has 0 aromatic rings. The van der Waals surface area contributed by atoms with E-state index in [4.69, 9.17) is 0 Å². The fourth-order valence-corrected chi connectivity index (χ4v) is 2.91. The summed E-state index contributed by atoms with van der Waals surface area (Å²) in [4.78, 5) is 41.1. The first-order chi connectivity index (χ1) is 10.7. The molecule has 0 saturated carbocycles. The highest BCUT2D eigenvalue weighted by Crippen LogP contribution is 2.37. The van der Waals surface area contributed by atoms with Gasteiger partial charge in [0.15, 0.2) is 0 Å². The summed E-state index contributed by atoms with van der Waals surface area (Å²) < 4.78 is 0. The lowest BCUT2D eigenvalue weighted by Gasteiger charge is -2.44. The zero-order chi connectivity index (χ0) is 17.8. The van der Waals surface area contributed by atoms with E-state index >= 15 is 0 Å². The Morgan fingerprint density at radius 1 is 0.870 bits per heavy atom. The number of nitrogens with zero attached hydrogens (tertiary/aromatic N) is 2. The SMILES string of the molecule is C=CCC1(CC=C)C(=O)N(CC(C)C)C(=O)N(CC(C)C)C1=O. The van der Waals surface area contributed by atoms with Crippen molar-refractivity contribution in [1.82, 2.24) is 9.80 Å². The van der Waals surface area contributed by atoms with Crippen LogP contribution in [0, 0.1) is 17.3 Å². The quantitative estimate of drug-likeness (QED) is 0.509. The lowest BCUT2D eigenvalue weighted by Crippen LogP contribution is -2.66. The fraction of sp³-hybridized carbons (Fsp3) is 0.611. The molecule has 0 unspecified atom stereocenters. The van der Waals surface area contributed by atoms with E-state index in [1.165, 1.54) is 9.80 Å². The fourth-order valence-electron chi connectivity index (χ4n) is 2.91. The summed E-state index contributed by atoms with van der Waals surface area (Å²) in [5.41, 5.74) is -1.29. The molecule has 0 aromatic carbocycles. The van der Waals surface area contributed by atoms with Crippen LogP contribution >= 0.6 is 0 Å².